The second-order valence-corrected chi connectivity index (χ2v) is 2.90. The van der Waals surface area contributed by atoms with Crippen LogP contribution in [0.1, 0.15) is 13.3 Å². The van der Waals surface area contributed by atoms with Crippen molar-refractivity contribution in [1.82, 2.24) is 0 Å². The van der Waals surface area contributed by atoms with E-state index in [1.807, 2.05) is 6.92 Å². The number of hydrogen-bond acceptors (Lipinski definition) is 2. The normalized spacial score (nSPS) is 8.45. The van der Waals surface area contributed by atoms with E-state index in [0.29, 0.717) is 0 Å². The average molecular weight is 165 g/mol. The summed E-state index contributed by atoms with van der Waals surface area (Å²) in [6.45, 7) is 2.81. The quantitative estimate of drug-likeness (QED) is 0.536. The first-order chi connectivity index (χ1) is 5.43. The van der Waals surface area contributed by atoms with Crippen LogP contribution in [0.2, 0.25) is 0 Å². The van der Waals surface area contributed by atoms with Crippen molar-refractivity contribution in [3.63, 3.8) is 0 Å². The Balaban J connectivity index is 2.17. The highest BCUT2D eigenvalue weighted by Crippen LogP contribution is 2.10. The first-order valence-corrected chi connectivity index (χ1v) is 4.53. The van der Waals surface area contributed by atoms with Gasteiger partial charge in [-0.15, -0.1) is 11.8 Å². The lowest BCUT2D eigenvalue weighted by molar-refractivity contribution is 1.10. The molecule has 1 heterocycles. The second-order valence-electron chi connectivity index (χ2n) is 2.12. The molecule has 1 aromatic heterocycles. The largest absolute Gasteiger partial charge is 0.383 e. The van der Waals surface area contributed by atoms with Crippen LogP contribution in [0.3, 0.4) is 0 Å². The van der Waals surface area contributed by atoms with Crippen LogP contribution in [0.15, 0.2) is 16.8 Å². The predicted molar refractivity (Wildman–Crippen MR) is 50.9 cm³/mol. The minimum Gasteiger partial charge on any atom is -0.383 e. The third kappa shape index (κ3) is 3.10. The third-order valence-corrected chi connectivity index (χ3v) is 1.96. The molecular formula is C9H11NS. The molecule has 0 radical (unpaired) electrons. The first kappa shape index (κ1) is 8.16. The lowest BCUT2D eigenvalue weighted by Crippen LogP contribution is -1.98. The molecule has 0 aliphatic heterocycles. The van der Waals surface area contributed by atoms with Crippen LogP contribution in [0.25, 0.3) is 0 Å². The lowest BCUT2D eigenvalue weighted by atomic mass is 10.4. The monoisotopic (exact) mass is 165 g/mol. The van der Waals surface area contributed by atoms with Gasteiger partial charge in [0.2, 0.25) is 0 Å². The molecule has 0 saturated heterocycles. The van der Waals surface area contributed by atoms with E-state index in [2.05, 4.69) is 34.0 Å². The van der Waals surface area contributed by atoms with E-state index in [0.717, 1.165) is 13.0 Å². The molecule has 0 saturated carbocycles. The van der Waals surface area contributed by atoms with Crippen LogP contribution < -0.4 is 5.32 Å². The van der Waals surface area contributed by atoms with E-state index in [-0.39, 0.29) is 0 Å². The Labute approximate surface area is 71.4 Å². The van der Waals surface area contributed by atoms with Crippen molar-refractivity contribution < 1.29 is 0 Å². The molecule has 0 fully saturated rings. The van der Waals surface area contributed by atoms with Crippen LogP contribution >= 0.6 is 11.3 Å². The van der Waals surface area contributed by atoms with Crippen LogP contribution in [0.4, 0.5) is 5.69 Å². The van der Waals surface area contributed by atoms with Gasteiger partial charge in [0.1, 0.15) is 0 Å². The van der Waals surface area contributed by atoms with E-state index in [4.69, 9.17) is 0 Å². The van der Waals surface area contributed by atoms with Gasteiger partial charge >= 0.3 is 0 Å². The molecule has 11 heavy (non-hydrogen) atoms. The van der Waals surface area contributed by atoms with Crippen molar-refractivity contribution in [3.8, 4) is 11.8 Å². The number of rotatable bonds is 3. The number of hydrogen-bond donors (Lipinski definition) is 1. The molecule has 1 nitrogen and oxygen atoms in total. The fourth-order valence-electron chi connectivity index (χ4n) is 0.759. The summed E-state index contributed by atoms with van der Waals surface area (Å²) < 4.78 is 0. The summed E-state index contributed by atoms with van der Waals surface area (Å²) in [6.07, 6.45) is 0.923. The minimum absolute atomic E-state index is 0.923. The molecule has 1 N–H and O–H groups in total. The molecular weight excluding hydrogens is 154 g/mol. The zero-order chi connectivity index (χ0) is 7.94. The second kappa shape index (κ2) is 4.81. The van der Waals surface area contributed by atoms with Crippen molar-refractivity contribution in [3.05, 3.63) is 16.8 Å². The predicted octanol–water partition coefficient (Wildman–Crippen LogP) is 2.57. The number of anilines is 1. The molecule has 0 spiro atoms. The fourth-order valence-corrected chi connectivity index (χ4v) is 1.37. The lowest BCUT2D eigenvalue weighted by Gasteiger charge is -1.97. The summed E-state index contributed by atoms with van der Waals surface area (Å²) in [5.41, 5.74) is 1.20. The Morgan fingerprint density at radius 3 is 3.18 bits per heavy atom. The van der Waals surface area contributed by atoms with Gasteiger partial charge in [0.25, 0.3) is 0 Å². The van der Waals surface area contributed by atoms with Gasteiger partial charge in [-0.25, -0.2) is 0 Å². The zero-order valence-corrected chi connectivity index (χ0v) is 7.37. The third-order valence-electron chi connectivity index (χ3n) is 1.28. The van der Waals surface area contributed by atoms with E-state index in [9.17, 15) is 0 Å². The Morgan fingerprint density at radius 2 is 2.55 bits per heavy atom. The van der Waals surface area contributed by atoms with Crippen LogP contribution in [0, 0.1) is 11.8 Å². The molecule has 2 heteroatoms. The van der Waals surface area contributed by atoms with Crippen molar-refractivity contribution in [2.75, 3.05) is 11.9 Å². The minimum atomic E-state index is 0.923. The van der Waals surface area contributed by atoms with E-state index >= 15 is 0 Å². The highest BCUT2D eigenvalue weighted by molar-refractivity contribution is 7.08. The fraction of sp³-hybridized carbons (Fsp3) is 0.333. The molecule has 1 aromatic rings. The molecule has 0 amide bonds. The van der Waals surface area contributed by atoms with Gasteiger partial charge in [-0.1, -0.05) is 0 Å². The highest BCUT2D eigenvalue weighted by Gasteiger charge is 1.87. The summed E-state index contributed by atoms with van der Waals surface area (Å²) in [5.74, 6) is 5.86. The molecule has 0 aliphatic carbocycles. The summed E-state index contributed by atoms with van der Waals surface area (Å²) in [5, 5.41) is 7.43. The van der Waals surface area contributed by atoms with Crippen molar-refractivity contribution >= 4 is 17.0 Å². The summed E-state index contributed by atoms with van der Waals surface area (Å²) in [6, 6.07) is 2.07. The molecule has 0 unspecified atom stereocenters. The Morgan fingerprint density at radius 1 is 1.64 bits per heavy atom. The molecule has 0 aliphatic rings. The van der Waals surface area contributed by atoms with Gasteiger partial charge in [-0.2, -0.15) is 11.3 Å². The smallest absolute Gasteiger partial charge is 0.0449 e. The summed E-state index contributed by atoms with van der Waals surface area (Å²) in [4.78, 5) is 0. The van der Waals surface area contributed by atoms with Gasteiger partial charge in [-0.3, -0.25) is 0 Å². The number of nitrogens with one attached hydrogen (secondary N) is 1. The van der Waals surface area contributed by atoms with Crippen LogP contribution in [-0.4, -0.2) is 6.54 Å². The molecule has 0 bridgehead atoms. The Bertz CT molecular complexity index is 240. The molecule has 0 atom stereocenters. The highest BCUT2D eigenvalue weighted by atomic mass is 32.1. The van der Waals surface area contributed by atoms with Crippen molar-refractivity contribution in [2.45, 2.75) is 13.3 Å². The summed E-state index contributed by atoms with van der Waals surface area (Å²) >= 11 is 1.70. The Kier molecular flexibility index (Phi) is 3.57. The van der Waals surface area contributed by atoms with Gasteiger partial charge < -0.3 is 5.32 Å². The SMILES string of the molecule is CC#CCCNc1ccsc1. The van der Waals surface area contributed by atoms with E-state index in [1.54, 1.807) is 11.3 Å². The zero-order valence-electron chi connectivity index (χ0n) is 6.55. The van der Waals surface area contributed by atoms with Crippen molar-refractivity contribution in [2.24, 2.45) is 0 Å². The summed E-state index contributed by atoms with van der Waals surface area (Å²) in [7, 11) is 0. The first-order valence-electron chi connectivity index (χ1n) is 3.59. The topological polar surface area (TPSA) is 12.0 Å². The van der Waals surface area contributed by atoms with Gasteiger partial charge in [0.05, 0.1) is 0 Å². The molecule has 1 rings (SSSR count). The maximum absolute atomic E-state index is 3.27. The Hall–Kier alpha value is -0.940. The maximum Gasteiger partial charge on any atom is 0.0449 e. The molecule has 0 aromatic carbocycles. The standard InChI is InChI=1S/C9H11NS/c1-2-3-4-6-10-9-5-7-11-8-9/h5,7-8,10H,4,6H2,1H3. The number of thiophene rings is 1. The molecule has 58 valence electrons. The van der Waals surface area contributed by atoms with E-state index < -0.39 is 0 Å². The van der Waals surface area contributed by atoms with Crippen LogP contribution in [-0.2, 0) is 0 Å². The average Bonchev–Trinajstić information content (AvgIpc) is 2.50. The maximum atomic E-state index is 3.27. The van der Waals surface area contributed by atoms with E-state index in [1.165, 1.54) is 5.69 Å². The van der Waals surface area contributed by atoms with Crippen LogP contribution in [0.5, 0.6) is 0 Å². The van der Waals surface area contributed by atoms with Gasteiger partial charge in [-0.05, 0) is 18.4 Å². The van der Waals surface area contributed by atoms with Gasteiger partial charge in [0, 0.05) is 24.0 Å². The van der Waals surface area contributed by atoms with Crippen molar-refractivity contribution in [1.29, 1.82) is 0 Å². The van der Waals surface area contributed by atoms with Gasteiger partial charge in [0.15, 0.2) is 0 Å².